The molecule has 2 aliphatic rings. The second-order valence-electron chi connectivity index (χ2n) is 9.52. The number of carbonyl (C=O) groups is 1. The summed E-state index contributed by atoms with van der Waals surface area (Å²) in [5.74, 6) is 0.948. The highest BCUT2D eigenvalue weighted by atomic mass is 19.1. The van der Waals surface area contributed by atoms with Crippen LogP contribution in [0, 0.1) is 38.4 Å². The molecule has 4 heterocycles. The molecule has 1 saturated heterocycles. The number of hydrogen-bond donors (Lipinski definition) is 0. The van der Waals surface area contributed by atoms with Crippen LogP contribution in [0.1, 0.15) is 66.4 Å². The van der Waals surface area contributed by atoms with Crippen LogP contribution < -0.4 is 0 Å². The number of pyridine rings is 2. The van der Waals surface area contributed by atoms with Crippen LogP contribution >= 0.6 is 0 Å². The Balaban J connectivity index is 1.21. The van der Waals surface area contributed by atoms with Gasteiger partial charge in [0.15, 0.2) is 5.65 Å². The third-order valence-corrected chi connectivity index (χ3v) is 7.05. The van der Waals surface area contributed by atoms with Crippen LogP contribution in [0.4, 0.5) is 4.39 Å². The third kappa shape index (κ3) is 4.36. The van der Waals surface area contributed by atoms with Gasteiger partial charge in [-0.2, -0.15) is 5.10 Å². The topological polar surface area (TPSA) is 72.6 Å². The number of aromatic nitrogens is 4. The summed E-state index contributed by atoms with van der Waals surface area (Å²) in [6.45, 7) is 6.08. The monoisotopic (exact) mass is 451 g/mol. The highest BCUT2D eigenvalue weighted by Gasteiger charge is 2.37. The standard InChI is InChI=1S/C25H30FN5O2/c1-15-10-19(14-30-24(15)28-17(3)29-30)11-18-4-6-20(7-5-18)25(32)31-23(8-9-33-31)21-12-22(26)16(2)27-13-21/h10,12-14,18,20,23H,4-9,11H2,1-3H3/t18-,20-,23-/m0/s1. The van der Waals surface area contributed by atoms with Gasteiger partial charge in [-0.25, -0.2) is 19.0 Å². The van der Waals surface area contributed by atoms with E-state index in [9.17, 15) is 9.18 Å². The molecule has 5 rings (SSSR count). The number of hydrogen-bond acceptors (Lipinski definition) is 5. The van der Waals surface area contributed by atoms with E-state index in [1.54, 1.807) is 13.1 Å². The van der Waals surface area contributed by atoms with Gasteiger partial charge in [-0.05, 0) is 81.5 Å². The molecule has 2 fully saturated rings. The van der Waals surface area contributed by atoms with Gasteiger partial charge in [0.2, 0.25) is 5.91 Å². The van der Waals surface area contributed by atoms with Crippen LogP contribution in [0.5, 0.6) is 0 Å². The molecular weight excluding hydrogens is 421 g/mol. The van der Waals surface area contributed by atoms with E-state index in [4.69, 9.17) is 4.84 Å². The lowest BCUT2D eigenvalue weighted by atomic mass is 9.79. The average molecular weight is 452 g/mol. The van der Waals surface area contributed by atoms with E-state index in [1.807, 2.05) is 11.4 Å². The second kappa shape index (κ2) is 8.82. The van der Waals surface area contributed by atoms with Crippen LogP contribution in [0.3, 0.4) is 0 Å². The van der Waals surface area contributed by atoms with Crippen molar-refractivity contribution in [3.8, 4) is 0 Å². The van der Waals surface area contributed by atoms with Crippen molar-refractivity contribution >= 4 is 11.6 Å². The molecule has 0 bridgehead atoms. The molecule has 7 nitrogen and oxygen atoms in total. The van der Waals surface area contributed by atoms with Crippen LogP contribution in [0.25, 0.3) is 5.65 Å². The zero-order valence-electron chi connectivity index (χ0n) is 19.4. The Kier molecular flexibility index (Phi) is 5.86. The number of halogens is 1. The molecular formula is C25H30FN5O2. The summed E-state index contributed by atoms with van der Waals surface area (Å²) in [4.78, 5) is 27.6. The molecule has 3 aromatic rings. The minimum absolute atomic E-state index is 0.0206. The zero-order valence-corrected chi connectivity index (χ0v) is 19.4. The number of rotatable bonds is 4. The van der Waals surface area contributed by atoms with Crippen LogP contribution in [-0.4, -0.2) is 37.2 Å². The lowest BCUT2D eigenvalue weighted by molar-refractivity contribution is -0.183. The normalized spacial score (nSPS) is 23.4. The SMILES string of the molecule is Cc1nc2c(C)cc(C[C@H]3CC[C@H](C(=O)N4OCC[C@H]4c4cnc(C)c(F)c4)CC3)cn2n1. The molecule has 0 N–H and O–H groups in total. The smallest absolute Gasteiger partial charge is 0.249 e. The Labute approximate surface area is 192 Å². The van der Waals surface area contributed by atoms with Gasteiger partial charge in [-0.1, -0.05) is 6.07 Å². The Morgan fingerprint density at radius 2 is 1.94 bits per heavy atom. The first-order valence-electron chi connectivity index (χ1n) is 11.8. The summed E-state index contributed by atoms with van der Waals surface area (Å²) in [5, 5.41) is 5.95. The Hall–Kier alpha value is -2.87. The van der Waals surface area contributed by atoms with Gasteiger partial charge >= 0.3 is 0 Å². The Bertz CT molecular complexity index is 1180. The largest absolute Gasteiger partial charge is 0.272 e. The molecule has 8 heteroatoms. The third-order valence-electron chi connectivity index (χ3n) is 7.05. The molecule has 0 spiro atoms. The van der Waals surface area contributed by atoms with Crippen molar-refractivity contribution in [3.63, 3.8) is 0 Å². The van der Waals surface area contributed by atoms with E-state index in [0.717, 1.165) is 49.1 Å². The van der Waals surface area contributed by atoms with E-state index in [-0.39, 0.29) is 23.7 Å². The molecule has 1 saturated carbocycles. The molecule has 1 atom stereocenters. The number of hydroxylamine groups is 2. The van der Waals surface area contributed by atoms with Crippen LogP contribution in [-0.2, 0) is 16.1 Å². The van der Waals surface area contributed by atoms with Gasteiger partial charge in [-0.15, -0.1) is 0 Å². The van der Waals surface area contributed by atoms with Gasteiger partial charge < -0.3 is 0 Å². The average Bonchev–Trinajstić information content (AvgIpc) is 3.42. The minimum atomic E-state index is -0.346. The maximum atomic E-state index is 14.0. The Morgan fingerprint density at radius 1 is 1.15 bits per heavy atom. The quantitative estimate of drug-likeness (QED) is 0.586. The van der Waals surface area contributed by atoms with E-state index in [1.165, 1.54) is 16.7 Å². The molecule has 0 radical (unpaired) electrons. The van der Waals surface area contributed by atoms with Gasteiger partial charge in [-0.3, -0.25) is 14.6 Å². The van der Waals surface area contributed by atoms with Crippen molar-refractivity contribution in [2.75, 3.05) is 6.61 Å². The lowest BCUT2D eigenvalue weighted by Crippen LogP contribution is -2.36. The fourth-order valence-corrected chi connectivity index (χ4v) is 5.26. The molecule has 1 amide bonds. The predicted molar refractivity (Wildman–Crippen MR) is 121 cm³/mol. The predicted octanol–water partition coefficient (Wildman–Crippen LogP) is 4.44. The van der Waals surface area contributed by atoms with Crippen molar-refractivity contribution in [3.05, 3.63) is 58.6 Å². The highest BCUT2D eigenvalue weighted by molar-refractivity contribution is 5.78. The number of fused-ring (bicyclic) bond motifs is 1. The number of nitrogens with zero attached hydrogens (tertiary/aromatic N) is 5. The summed E-state index contributed by atoms with van der Waals surface area (Å²) in [7, 11) is 0. The molecule has 33 heavy (non-hydrogen) atoms. The minimum Gasteiger partial charge on any atom is -0.272 e. The van der Waals surface area contributed by atoms with E-state index < -0.39 is 0 Å². The first kappa shape index (κ1) is 21.9. The molecule has 1 aliphatic heterocycles. The van der Waals surface area contributed by atoms with Crippen molar-refractivity contribution in [1.29, 1.82) is 0 Å². The maximum Gasteiger partial charge on any atom is 0.249 e. The van der Waals surface area contributed by atoms with Crippen LogP contribution in [0.15, 0.2) is 24.5 Å². The van der Waals surface area contributed by atoms with Crippen molar-refractivity contribution < 1.29 is 14.0 Å². The van der Waals surface area contributed by atoms with Gasteiger partial charge in [0, 0.05) is 24.7 Å². The van der Waals surface area contributed by atoms with Crippen LogP contribution in [0.2, 0.25) is 0 Å². The zero-order chi connectivity index (χ0) is 23.1. The fraction of sp³-hybridized carbons (Fsp3) is 0.520. The molecule has 174 valence electrons. The summed E-state index contributed by atoms with van der Waals surface area (Å²) < 4.78 is 15.9. The van der Waals surface area contributed by atoms with Gasteiger partial charge in [0.1, 0.15) is 11.6 Å². The number of amides is 1. The maximum absolute atomic E-state index is 14.0. The van der Waals surface area contributed by atoms with E-state index in [2.05, 4.69) is 34.3 Å². The summed E-state index contributed by atoms with van der Waals surface area (Å²) >= 11 is 0. The second-order valence-corrected chi connectivity index (χ2v) is 9.52. The summed E-state index contributed by atoms with van der Waals surface area (Å²) in [6.07, 6.45) is 9.08. The summed E-state index contributed by atoms with van der Waals surface area (Å²) in [5.41, 5.74) is 4.37. The summed E-state index contributed by atoms with van der Waals surface area (Å²) in [6, 6.07) is 3.42. The van der Waals surface area contributed by atoms with Gasteiger partial charge in [0.25, 0.3) is 0 Å². The molecule has 0 unspecified atom stereocenters. The number of carbonyl (C=O) groups excluding carboxylic acids is 1. The Morgan fingerprint density at radius 3 is 2.70 bits per heavy atom. The molecule has 1 aliphatic carbocycles. The molecule has 0 aromatic carbocycles. The van der Waals surface area contributed by atoms with Crippen molar-refractivity contribution in [1.82, 2.24) is 24.6 Å². The fourth-order valence-electron chi connectivity index (χ4n) is 5.26. The lowest BCUT2D eigenvalue weighted by Gasteiger charge is -2.32. The first-order valence-corrected chi connectivity index (χ1v) is 11.8. The van der Waals surface area contributed by atoms with E-state index in [0.29, 0.717) is 30.2 Å². The van der Waals surface area contributed by atoms with Crippen molar-refractivity contribution in [2.24, 2.45) is 11.8 Å². The van der Waals surface area contributed by atoms with Gasteiger partial charge in [0.05, 0.1) is 18.3 Å². The van der Waals surface area contributed by atoms with Crippen molar-refractivity contribution in [2.45, 2.75) is 65.3 Å². The molecule has 3 aromatic heterocycles. The highest BCUT2D eigenvalue weighted by Crippen LogP contribution is 2.37. The number of aryl methyl sites for hydroxylation is 3. The first-order chi connectivity index (χ1) is 15.9. The van der Waals surface area contributed by atoms with E-state index >= 15 is 0 Å².